The third kappa shape index (κ3) is 2.70. The highest BCUT2D eigenvalue weighted by atomic mass is 19.1. The van der Waals surface area contributed by atoms with Crippen molar-refractivity contribution in [1.29, 1.82) is 0 Å². The lowest BCUT2D eigenvalue weighted by atomic mass is 10.2. The first-order chi connectivity index (χ1) is 11.5. The van der Waals surface area contributed by atoms with E-state index in [1.165, 1.54) is 18.6 Å². The van der Waals surface area contributed by atoms with Crippen LogP contribution in [0, 0.1) is 11.7 Å². The number of furan rings is 1. The molecule has 2 heterocycles. The summed E-state index contributed by atoms with van der Waals surface area (Å²) >= 11 is 0. The minimum atomic E-state index is -0.314. The summed E-state index contributed by atoms with van der Waals surface area (Å²) in [6, 6.07) is 10.0. The normalized spacial score (nSPS) is 19.6. The number of nitrogens with one attached hydrogen (secondary N) is 1. The molecular weight excluding hydrogens is 307 g/mol. The van der Waals surface area contributed by atoms with Gasteiger partial charge < -0.3 is 14.3 Å². The molecule has 0 saturated heterocycles. The van der Waals surface area contributed by atoms with Crippen molar-refractivity contribution in [2.24, 2.45) is 5.92 Å². The maximum absolute atomic E-state index is 13.3. The van der Waals surface area contributed by atoms with Crippen LogP contribution < -0.4 is 0 Å². The number of rotatable bonds is 4. The van der Waals surface area contributed by atoms with Crippen molar-refractivity contribution in [3.63, 3.8) is 0 Å². The Morgan fingerprint density at radius 3 is 2.88 bits per heavy atom. The monoisotopic (exact) mass is 326 g/mol. The second kappa shape index (κ2) is 5.51. The molecule has 1 aromatic carbocycles. The summed E-state index contributed by atoms with van der Waals surface area (Å²) < 4.78 is 19.1. The van der Waals surface area contributed by atoms with E-state index in [1.807, 2.05) is 12.1 Å². The van der Waals surface area contributed by atoms with Crippen molar-refractivity contribution < 1.29 is 13.6 Å². The van der Waals surface area contributed by atoms with Gasteiger partial charge in [-0.25, -0.2) is 4.39 Å². The number of H-pyrrole nitrogens is 1. The van der Waals surface area contributed by atoms with Gasteiger partial charge in [0.2, 0.25) is 0 Å². The molecule has 1 saturated carbocycles. The zero-order chi connectivity index (χ0) is 16.8. The maximum Gasteiger partial charge on any atom is 0.270 e. The van der Waals surface area contributed by atoms with Gasteiger partial charge >= 0.3 is 0 Å². The maximum atomic E-state index is 13.3. The minimum Gasteiger partial charge on any atom is -0.464 e. The number of aromatic nitrogens is 1. The predicted molar refractivity (Wildman–Crippen MR) is 89.3 cm³/mol. The molecule has 0 radical (unpaired) electrons. The number of carbonyl (C=O) groups is 1. The van der Waals surface area contributed by atoms with Crippen molar-refractivity contribution in [2.45, 2.75) is 25.8 Å². The van der Waals surface area contributed by atoms with Crippen LogP contribution in [-0.2, 0) is 6.54 Å². The molecule has 124 valence electrons. The van der Waals surface area contributed by atoms with E-state index in [0.29, 0.717) is 29.5 Å². The number of hydrogen-bond acceptors (Lipinski definition) is 2. The van der Waals surface area contributed by atoms with Crippen LogP contribution in [0.1, 0.15) is 41.3 Å². The van der Waals surface area contributed by atoms with Crippen LogP contribution in [0.4, 0.5) is 4.39 Å². The third-order valence-electron chi connectivity index (χ3n) is 4.71. The Balaban J connectivity index is 1.49. The van der Waals surface area contributed by atoms with Gasteiger partial charge in [0.15, 0.2) is 0 Å². The SMILES string of the molecule is CC1CC1c1ccc(CN(C)C(=O)c2cc3cc(F)ccc3[nH]2)o1. The van der Waals surface area contributed by atoms with Crippen molar-refractivity contribution in [1.82, 2.24) is 9.88 Å². The van der Waals surface area contributed by atoms with E-state index in [1.54, 1.807) is 24.1 Å². The summed E-state index contributed by atoms with van der Waals surface area (Å²) in [7, 11) is 1.73. The van der Waals surface area contributed by atoms with Gasteiger partial charge in [-0.05, 0) is 48.7 Å². The van der Waals surface area contributed by atoms with Crippen LogP contribution in [0.15, 0.2) is 40.8 Å². The fourth-order valence-electron chi connectivity index (χ4n) is 3.13. The van der Waals surface area contributed by atoms with Gasteiger partial charge in [-0.1, -0.05) is 6.92 Å². The third-order valence-corrected chi connectivity index (χ3v) is 4.71. The fraction of sp³-hybridized carbons (Fsp3) is 0.316. The standard InChI is InChI=1S/C19H19FN2O2/c1-11-7-15(11)18-6-4-14(24-18)10-22(2)19(23)17-9-12-8-13(20)3-5-16(12)21-17/h3-6,8-9,11,15,21H,7,10H2,1-2H3. The van der Waals surface area contributed by atoms with E-state index in [0.717, 1.165) is 17.0 Å². The number of benzene rings is 1. The van der Waals surface area contributed by atoms with Crippen LogP contribution in [-0.4, -0.2) is 22.8 Å². The van der Waals surface area contributed by atoms with Crippen LogP contribution in [0.25, 0.3) is 10.9 Å². The molecule has 2 atom stereocenters. The Morgan fingerprint density at radius 1 is 1.33 bits per heavy atom. The number of fused-ring (bicyclic) bond motifs is 1. The summed E-state index contributed by atoms with van der Waals surface area (Å²) in [6.07, 6.45) is 1.17. The number of hydrogen-bond donors (Lipinski definition) is 1. The van der Waals surface area contributed by atoms with E-state index >= 15 is 0 Å². The smallest absolute Gasteiger partial charge is 0.270 e. The Morgan fingerprint density at radius 2 is 2.12 bits per heavy atom. The summed E-state index contributed by atoms with van der Waals surface area (Å²) in [6.45, 7) is 2.62. The zero-order valence-corrected chi connectivity index (χ0v) is 13.7. The number of nitrogens with zero attached hydrogens (tertiary/aromatic N) is 1. The molecule has 1 aliphatic carbocycles. The van der Waals surface area contributed by atoms with Crippen molar-refractivity contribution in [2.75, 3.05) is 7.05 Å². The van der Waals surface area contributed by atoms with Crippen LogP contribution in [0.3, 0.4) is 0 Å². The van der Waals surface area contributed by atoms with Crippen LogP contribution in [0.2, 0.25) is 0 Å². The lowest BCUT2D eigenvalue weighted by Crippen LogP contribution is -2.26. The average Bonchev–Trinajstić information content (AvgIpc) is 2.97. The quantitative estimate of drug-likeness (QED) is 0.777. The second-order valence-electron chi connectivity index (χ2n) is 6.70. The molecule has 4 rings (SSSR count). The van der Waals surface area contributed by atoms with Crippen LogP contribution in [0.5, 0.6) is 0 Å². The number of aromatic amines is 1. The Hall–Kier alpha value is -2.56. The molecule has 1 N–H and O–H groups in total. The molecule has 2 aromatic heterocycles. The lowest BCUT2D eigenvalue weighted by molar-refractivity contribution is 0.0770. The number of carbonyl (C=O) groups excluding carboxylic acids is 1. The van der Waals surface area contributed by atoms with Crippen molar-refractivity contribution >= 4 is 16.8 Å². The van der Waals surface area contributed by atoms with Gasteiger partial charge in [-0.15, -0.1) is 0 Å². The van der Waals surface area contributed by atoms with E-state index in [9.17, 15) is 9.18 Å². The average molecular weight is 326 g/mol. The molecule has 0 aliphatic heterocycles. The largest absolute Gasteiger partial charge is 0.464 e. The summed E-state index contributed by atoms with van der Waals surface area (Å²) in [5.41, 5.74) is 1.19. The molecule has 2 unspecified atom stereocenters. The topological polar surface area (TPSA) is 49.2 Å². The highest BCUT2D eigenvalue weighted by Crippen LogP contribution is 2.47. The van der Waals surface area contributed by atoms with Crippen LogP contribution >= 0.6 is 0 Å². The Kier molecular flexibility index (Phi) is 3.44. The van der Waals surface area contributed by atoms with Gasteiger partial charge in [-0.2, -0.15) is 0 Å². The predicted octanol–water partition coefficient (Wildman–Crippen LogP) is 4.30. The van der Waals surface area contributed by atoms with Crippen molar-refractivity contribution in [3.05, 3.63) is 59.4 Å². The molecule has 5 heteroatoms. The lowest BCUT2D eigenvalue weighted by Gasteiger charge is -2.14. The Bertz CT molecular complexity index is 911. The minimum absolute atomic E-state index is 0.149. The van der Waals surface area contributed by atoms with Gasteiger partial charge in [0.1, 0.15) is 23.0 Å². The van der Waals surface area contributed by atoms with Crippen molar-refractivity contribution in [3.8, 4) is 0 Å². The van der Waals surface area contributed by atoms with E-state index in [-0.39, 0.29) is 11.7 Å². The zero-order valence-electron chi connectivity index (χ0n) is 13.7. The highest BCUT2D eigenvalue weighted by Gasteiger charge is 2.36. The number of amides is 1. The Labute approximate surface area is 139 Å². The first kappa shape index (κ1) is 15.0. The first-order valence-electron chi connectivity index (χ1n) is 8.13. The summed E-state index contributed by atoms with van der Waals surface area (Å²) in [4.78, 5) is 17.2. The molecular formula is C19H19FN2O2. The molecule has 1 fully saturated rings. The molecule has 1 amide bonds. The molecule has 24 heavy (non-hydrogen) atoms. The molecule has 3 aromatic rings. The summed E-state index contributed by atoms with van der Waals surface area (Å²) in [5, 5.41) is 0.690. The highest BCUT2D eigenvalue weighted by molar-refractivity contribution is 5.97. The summed E-state index contributed by atoms with van der Waals surface area (Å²) in [5.74, 6) is 2.55. The van der Waals surface area contributed by atoms with Gasteiger partial charge in [0, 0.05) is 23.9 Å². The molecule has 0 bridgehead atoms. The van der Waals surface area contributed by atoms with E-state index < -0.39 is 0 Å². The first-order valence-corrected chi connectivity index (χ1v) is 8.13. The van der Waals surface area contributed by atoms with Gasteiger partial charge in [-0.3, -0.25) is 4.79 Å². The number of halogens is 1. The molecule has 4 nitrogen and oxygen atoms in total. The van der Waals surface area contributed by atoms with E-state index in [2.05, 4.69) is 11.9 Å². The van der Waals surface area contributed by atoms with Gasteiger partial charge in [0.25, 0.3) is 5.91 Å². The molecule has 0 spiro atoms. The second-order valence-corrected chi connectivity index (χ2v) is 6.70. The molecule has 1 aliphatic rings. The van der Waals surface area contributed by atoms with E-state index in [4.69, 9.17) is 4.42 Å². The van der Waals surface area contributed by atoms with Gasteiger partial charge in [0.05, 0.1) is 6.54 Å². The fourth-order valence-corrected chi connectivity index (χ4v) is 3.13.